The summed E-state index contributed by atoms with van der Waals surface area (Å²) >= 11 is 1.59. The molecule has 2 saturated heterocycles. The van der Waals surface area contributed by atoms with E-state index >= 15 is 0 Å². The van der Waals surface area contributed by atoms with E-state index < -0.39 is 23.6 Å². The first-order valence-electron chi connectivity index (χ1n) is 28.6. The van der Waals surface area contributed by atoms with Crippen molar-refractivity contribution in [1.29, 1.82) is 0 Å². The zero-order valence-electron chi connectivity index (χ0n) is 46.7. The number of ether oxygens (including phenoxy) is 3. The minimum absolute atomic E-state index is 0.0370. The number of nitrogen functional groups attached to an aromatic ring is 1. The number of rotatable bonds is 29. The number of para-hydroxylation sites is 1. The Morgan fingerprint density at radius 1 is 0.785 bits per heavy atom. The lowest BCUT2D eigenvalue weighted by molar-refractivity contribution is -0.144. The van der Waals surface area contributed by atoms with E-state index in [1.165, 1.54) is 30.5 Å². The first-order valence-corrected chi connectivity index (χ1v) is 29.4. The average Bonchev–Trinajstić information content (AvgIpc) is 4.32. The van der Waals surface area contributed by atoms with Crippen LogP contribution < -0.4 is 21.1 Å². The van der Waals surface area contributed by atoms with Gasteiger partial charge < -0.3 is 45.5 Å². The monoisotopic (exact) mass is 1100 g/mol. The van der Waals surface area contributed by atoms with Gasteiger partial charge in [0.1, 0.15) is 41.4 Å². The van der Waals surface area contributed by atoms with Crippen molar-refractivity contribution in [2.45, 2.75) is 148 Å². The van der Waals surface area contributed by atoms with Crippen LogP contribution in [0, 0.1) is 12.3 Å². The summed E-state index contributed by atoms with van der Waals surface area (Å²) < 4.78 is 19.9. The van der Waals surface area contributed by atoms with E-state index in [4.69, 9.17) is 25.0 Å². The molecule has 0 radical (unpaired) electrons. The second-order valence-corrected chi connectivity index (χ2v) is 23.1. The Bertz CT molecular complexity index is 2850. The number of fused-ring (bicyclic) bond motifs is 1. The van der Waals surface area contributed by atoms with Gasteiger partial charge in [-0.3, -0.25) is 14.4 Å². The molecule has 6 aromatic rings. The number of unbranched alkanes of at least 4 members (excludes halogenated alkanes) is 7. The summed E-state index contributed by atoms with van der Waals surface area (Å²) in [5.74, 6) is 1.09. The number of likely N-dealkylation sites (tertiary alicyclic amines) is 2. The molecule has 5 heterocycles. The summed E-state index contributed by atoms with van der Waals surface area (Å²) in [6, 6.07) is 24.2. The number of aromatic nitrogens is 5. The first kappa shape index (κ1) is 58.8. The number of piperidine rings is 1. The Labute approximate surface area is 470 Å². The van der Waals surface area contributed by atoms with Gasteiger partial charge in [0, 0.05) is 71.0 Å². The lowest BCUT2D eigenvalue weighted by Crippen LogP contribution is -2.57. The maximum absolute atomic E-state index is 14.0. The van der Waals surface area contributed by atoms with Crippen molar-refractivity contribution in [1.82, 2.24) is 45.2 Å². The van der Waals surface area contributed by atoms with Crippen molar-refractivity contribution in [3.63, 3.8) is 0 Å². The largest absolute Gasteiger partial charge is 0.457 e. The van der Waals surface area contributed by atoms with Crippen LogP contribution in [0.4, 0.5) is 5.82 Å². The van der Waals surface area contributed by atoms with Crippen LogP contribution in [0.3, 0.4) is 0 Å². The number of nitrogens with zero attached hydrogens (tertiary/aromatic N) is 7. The average molecular weight is 1100 g/mol. The van der Waals surface area contributed by atoms with E-state index in [0.717, 1.165) is 140 Å². The third-order valence-electron chi connectivity index (χ3n) is 15.0. The highest BCUT2D eigenvalue weighted by atomic mass is 32.1. The lowest BCUT2D eigenvalue weighted by Gasteiger charge is -2.35. The quantitative estimate of drug-likeness (QED) is 0.0323. The SMILES string of the molecule is Cc1ncsc1-c1ccc(CNC(=O)[C@@H]2C[C@@H](O)CN2C(=O)[C@@H](NC(=O)CCCCCOCCCCCOCCCCCCN2CCC(n3nc(-c4ccc(Oc5ccccc5)cc4)c4c(N)ncnc43)CC2)C(C)(C)C)cc1. The summed E-state index contributed by atoms with van der Waals surface area (Å²) in [5.41, 5.74) is 13.1. The van der Waals surface area contributed by atoms with Crippen molar-refractivity contribution in [2.75, 3.05) is 58.3 Å². The standard InChI is InChI=1S/C61H82N10O7S/c1-43-55(79-42-66-43)46-23-21-44(22-24-46)39-63-59(74)51-38-48(72)40-70(51)60(75)56(61(2,3)4)67-52(73)20-12-8-15-35-77-37-17-9-16-36-76-34-14-6-5-13-31-69-32-29-47(30-33-69)71-58-53(57(62)64-41-65-58)54(68-71)45-25-27-50(28-26-45)78-49-18-10-7-11-19-49/h7,10-11,18-19,21-28,41-42,47-48,51,56,72H,5-6,8-9,12-17,20,29-40H2,1-4H3,(H,63,74)(H,67,73)(H2,62,64,65)/t48-,51+,56-/m1/s1. The van der Waals surface area contributed by atoms with E-state index in [0.29, 0.717) is 31.9 Å². The normalized spacial score (nSPS) is 16.6. The van der Waals surface area contributed by atoms with E-state index in [9.17, 15) is 19.5 Å². The highest BCUT2D eigenvalue weighted by Gasteiger charge is 2.44. The van der Waals surface area contributed by atoms with Crippen LogP contribution in [-0.4, -0.2) is 128 Å². The van der Waals surface area contributed by atoms with Crippen molar-refractivity contribution >= 4 is 45.9 Å². The molecule has 8 rings (SSSR count). The summed E-state index contributed by atoms with van der Waals surface area (Å²) in [6.07, 6.45) is 13.2. The number of anilines is 1. The Morgan fingerprint density at radius 3 is 2.08 bits per heavy atom. The van der Waals surface area contributed by atoms with Gasteiger partial charge in [-0.15, -0.1) is 11.3 Å². The summed E-state index contributed by atoms with van der Waals surface area (Å²) in [6.45, 7) is 14.1. The fourth-order valence-electron chi connectivity index (χ4n) is 10.5. The fourth-order valence-corrected chi connectivity index (χ4v) is 11.3. The molecular formula is C61H82N10O7S. The Morgan fingerprint density at radius 2 is 1.42 bits per heavy atom. The number of nitrogens with two attached hydrogens (primary N) is 1. The van der Waals surface area contributed by atoms with Crippen LogP contribution >= 0.6 is 11.3 Å². The van der Waals surface area contributed by atoms with E-state index in [2.05, 4.69) is 35.2 Å². The third-order valence-corrected chi connectivity index (χ3v) is 16.0. The number of thiazole rings is 1. The topological polar surface area (TPSA) is 212 Å². The van der Waals surface area contributed by atoms with Gasteiger partial charge in [-0.25, -0.2) is 19.6 Å². The van der Waals surface area contributed by atoms with Crippen molar-refractivity contribution in [3.05, 3.63) is 102 Å². The van der Waals surface area contributed by atoms with Crippen LogP contribution in [0.2, 0.25) is 0 Å². The Kier molecular flexibility index (Phi) is 21.8. The van der Waals surface area contributed by atoms with Crippen LogP contribution in [-0.2, 0) is 30.4 Å². The molecule has 3 aromatic heterocycles. The van der Waals surface area contributed by atoms with Crippen molar-refractivity contribution in [2.24, 2.45) is 5.41 Å². The molecule has 79 heavy (non-hydrogen) atoms. The first-order chi connectivity index (χ1) is 38.3. The zero-order chi connectivity index (χ0) is 55.6. The number of carbonyl (C=O) groups is 3. The molecule has 0 saturated carbocycles. The second-order valence-electron chi connectivity index (χ2n) is 22.2. The van der Waals surface area contributed by atoms with Gasteiger partial charge >= 0.3 is 0 Å². The highest BCUT2D eigenvalue weighted by molar-refractivity contribution is 7.13. The fraction of sp³-hybridized carbons (Fsp3) is 0.525. The predicted octanol–water partition coefficient (Wildman–Crippen LogP) is 10.1. The van der Waals surface area contributed by atoms with E-state index in [-0.39, 0.29) is 43.3 Å². The number of benzene rings is 3. The smallest absolute Gasteiger partial charge is 0.246 e. The molecule has 0 aliphatic carbocycles. The number of aliphatic hydroxyl groups excluding tert-OH is 1. The number of amides is 3. The van der Waals surface area contributed by atoms with Crippen molar-refractivity contribution < 1.29 is 33.7 Å². The molecule has 424 valence electrons. The minimum atomic E-state index is -0.848. The van der Waals surface area contributed by atoms with Gasteiger partial charge in [0.15, 0.2) is 5.65 Å². The number of hydrogen-bond acceptors (Lipinski definition) is 14. The van der Waals surface area contributed by atoms with Crippen LogP contribution in [0.5, 0.6) is 11.5 Å². The highest BCUT2D eigenvalue weighted by Crippen LogP contribution is 2.36. The molecule has 2 aliphatic rings. The van der Waals surface area contributed by atoms with Gasteiger partial charge in [-0.05, 0) is 124 Å². The van der Waals surface area contributed by atoms with Gasteiger partial charge in [0.05, 0.1) is 33.6 Å². The molecule has 18 heteroatoms. The Hall–Kier alpha value is -6.31. The third kappa shape index (κ3) is 16.9. The molecule has 3 aromatic carbocycles. The van der Waals surface area contributed by atoms with E-state index in [1.54, 1.807) is 11.3 Å². The number of hydrogen-bond donors (Lipinski definition) is 4. The number of carbonyl (C=O) groups excluding carboxylic acids is 3. The molecule has 0 unspecified atom stereocenters. The van der Waals surface area contributed by atoms with Crippen LogP contribution in [0.1, 0.15) is 128 Å². The number of nitrogens with one attached hydrogen (secondary N) is 2. The molecule has 3 amide bonds. The molecule has 2 fully saturated rings. The lowest BCUT2D eigenvalue weighted by atomic mass is 9.85. The van der Waals surface area contributed by atoms with Crippen LogP contribution in [0.25, 0.3) is 32.7 Å². The summed E-state index contributed by atoms with van der Waals surface area (Å²) in [7, 11) is 0. The van der Waals surface area contributed by atoms with Gasteiger partial charge in [-0.2, -0.15) is 5.10 Å². The molecule has 0 spiro atoms. The maximum Gasteiger partial charge on any atom is 0.246 e. The molecular weight excluding hydrogens is 1020 g/mol. The zero-order valence-corrected chi connectivity index (χ0v) is 47.6. The molecule has 5 N–H and O–H groups in total. The molecule has 17 nitrogen and oxygen atoms in total. The molecule has 3 atom stereocenters. The summed E-state index contributed by atoms with van der Waals surface area (Å²) in [5, 5.41) is 22.4. The van der Waals surface area contributed by atoms with Gasteiger partial charge in [0.2, 0.25) is 17.7 Å². The predicted molar refractivity (Wildman–Crippen MR) is 310 cm³/mol. The van der Waals surface area contributed by atoms with E-state index in [1.807, 2.05) is 112 Å². The van der Waals surface area contributed by atoms with Gasteiger partial charge in [0.25, 0.3) is 0 Å². The maximum atomic E-state index is 14.0. The molecule has 2 aliphatic heterocycles. The number of aliphatic hydroxyl groups is 1. The van der Waals surface area contributed by atoms with Gasteiger partial charge in [-0.1, -0.05) is 82.5 Å². The van der Waals surface area contributed by atoms with Crippen molar-refractivity contribution in [3.8, 4) is 33.2 Å². The minimum Gasteiger partial charge on any atom is -0.457 e. The number of β-amino-alcohol motifs (C(OH)–C–C–N with tert-alkyl or cyclic N) is 1. The number of aryl methyl sites for hydroxylation is 1. The van der Waals surface area contributed by atoms with Crippen LogP contribution in [0.15, 0.2) is 90.7 Å². The summed E-state index contributed by atoms with van der Waals surface area (Å²) in [4.78, 5) is 59.0. The molecule has 0 bridgehead atoms. The Balaban J connectivity index is 0.620. The second kappa shape index (κ2) is 29.2.